The number of carbonyl (C=O) groups excluding carboxylic acids is 1. The maximum Gasteiger partial charge on any atom is 0.230 e. The average molecular weight is 393 g/mol. The molecule has 3 aromatic heterocycles. The van der Waals surface area contributed by atoms with Crippen LogP contribution in [0.3, 0.4) is 0 Å². The minimum Gasteiger partial charge on any atom is -0.497 e. The Morgan fingerprint density at radius 3 is 2.82 bits per heavy atom. The number of aryl methyl sites for hydroxylation is 2. The number of nitrogens with zero attached hydrogens (tertiary/aromatic N) is 4. The Balaban J connectivity index is 1.45. The second-order valence-corrected chi connectivity index (χ2v) is 7.26. The second kappa shape index (κ2) is 7.40. The van der Waals surface area contributed by atoms with Crippen LogP contribution in [-0.2, 0) is 18.3 Å². The molecule has 0 saturated heterocycles. The van der Waals surface area contributed by atoms with Crippen LogP contribution >= 0.6 is 11.3 Å². The van der Waals surface area contributed by atoms with Crippen molar-refractivity contribution in [2.24, 2.45) is 7.05 Å². The van der Waals surface area contributed by atoms with E-state index >= 15 is 0 Å². The maximum absolute atomic E-state index is 12.4. The molecule has 142 valence electrons. The van der Waals surface area contributed by atoms with Gasteiger partial charge in [0, 0.05) is 23.4 Å². The number of hydrogen-bond acceptors (Lipinski definition) is 6. The molecule has 28 heavy (non-hydrogen) atoms. The number of anilines is 1. The van der Waals surface area contributed by atoms with Gasteiger partial charge in [0.2, 0.25) is 5.91 Å². The number of methoxy groups -OCH3 is 1. The van der Waals surface area contributed by atoms with E-state index in [0.717, 1.165) is 38.7 Å². The monoisotopic (exact) mass is 393 g/mol. The lowest BCUT2D eigenvalue weighted by atomic mass is 10.2. The molecule has 0 spiro atoms. The summed E-state index contributed by atoms with van der Waals surface area (Å²) in [6.45, 7) is 1.92. The van der Waals surface area contributed by atoms with E-state index in [1.165, 1.54) is 11.3 Å². The van der Waals surface area contributed by atoms with E-state index in [1.807, 2.05) is 49.7 Å². The second-order valence-electron chi connectivity index (χ2n) is 6.40. The molecular weight excluding hydrogens is 374 g/mol. The van der Waals surface area contributed by atoms with Gasteiger partial charge in [-0.1, -0.05) is 0 Å². The fraction of sp³-hybridized carbons (Fsp3) is 0.200. The molecule has 0 radical (unpaired) electrons. The predicted molar refractivity (Wildman–Crippen MR) is 110 cm³/mol. The molecule has 0 saturated carbocycles. The van der Waals surface area contributed by atoms with Crippen LogP contribution in [0.5, 0.6) is 5.75 Å². The van der Waals surface area contributed by atoms with Crippen LogP contribution in [-0.4, -0.2) is 32.8 Å². The summed E-state index contributed by atoms with van der Waals surface area (Å²) < 4.78 is 6.90. The Kier molecular flexibility index (Phi) is 4.79. The van der Waals surface area contributed by atoms with E-state index in [-0.39, 0.29) is 12.3 Å². The molecule has 0 aliphatic carbocycles. The lowest BCUT2D eigenvalue weighted by Crippen LogP contribution is -2.14. The molecular formula is C20H19N5O2S. The molecule has 1 N–H and O–H groups in total. The number of carbonyl (C=O) groups is 1. The van der Waals surface area contributed by atoms with Crippen molar-refractivity contribution in [2.45, 2.75) is 13.3 Å². The topological polar surface area (TPSA) is 81.9 Å². The molecule has 1 amide bonds. The van der Waals surface area contributed by atoms with Gasteiger partial charge in [0.25, 0.3) is 0 Å². The number of hydrogen-bond donors (Lipinski definition) is 1. The molecule has 0 atom stereocenters. The van der Waals surface area contributed by atoms with Gasteiger partial charge in [0.05, 0.1) is 36.8 Å². The zero-order chi connectivity index (χ0) is 19.7. The van der Waals surface area contributed by atoms with Crippen LogP contribution in [0.25, 0.3) is 21.6 Å². The standard InChI is InChI=1S/C20H19N5O2S/c1-12-17-8-14(10-21-19(17)25(2)24-12)22-18(26)9-15-11-28-20(23-15)13-4-6-16(27-3)7-5-13/h4-8,10-11H,9H2,1-3H3,(H,22,26). The normalized spacial score (nSPS) is 11.0. The molecule has 4 rings (SSSR count). The van der Waals surface area contributed by atoms with Crippen LogP contribution < -0.4 is 10.1 Å². The van der Waals surface area contributed by atoms with E-state index in [9.17, 15) is 4.79 Å². The first-order chi connectivity index (χ1) is 13.5. The van der Waals surface area contributed by atoms with Gasteiger partial charge < -0.3 is 10.1 Å². The van der Waals surface area contributed by atoms with Gasteiger partial charge in [0.1, 0.15) is 10.8 Å². The third-order valence-electron chi connectivity index (χ3n) is 4.38. The third-order valence-corrected chi connectivity index (χ3v) is 5.32. The number of rotatable bonds is 5. The van der Waals surface area contributed by atoms with Gasteiger partial charge in [0.15, 0.2) is 5.65 Å². The van der Waals surface area contributed by atoms with Crippen molar-refractivity contribution in [1.82, 2.24) is 19.7 Å². The fourth-order valence-electron chi connectivity index (χ4n) is 3.00. The first-order valence-electron chi connectivity index (χ1n) is 8.71. The average Bonchev–Trinajstić information content (AvgIpc) is 3.26. The summed E-state index contributed by atoms with van der Waals surface area (Å²) >= 11 is 1.52. The highest BCUT2D eigenvalue weighted by Gasteiger charge is 2.12. The van der Waals surface area contributed by atoms with Crippen molar-refractivity contribution in [3.63, 3.8) is 0 Å². The van der Waals surface area contributed by atoms with Crippen LogP contribution in [0.2, 0.25) is 0 Å². The fourth-order valence-corrected chi connectivity index (χ4v) is 3.83. The quantitative estimate of drug-likeness (QED) is 0.560. The minimum absolute atomic E-state index is 0.130. The lowest BCUT2D eigenvalue weighted by molar-refractivity contribution is -0.115. The Morgan fingerprint density at radius 2 is 2.07 bits per heavy atom. The molecule has 0 aliphatic heterocycles. The molecule has 0 unspecified atom stereocenters. The summed E-state index contributed by atoms with van der Waals surface area (Å²) in [5, 5.41) is 10.9. The van der Waals surface area contributed by atoms with Crippen LogP contribution in [0.15, 0.2) is 41.9 Å². The molecule has 3 heterocycles. The predicted octanol–water partition coefficient (Wildman–Crippen LogP) is 3.59. The Morgan fingerprint density at radius 1 is 1.29 bits per heavy atom. The first-order valence-corrected chi connectivity index (χ1v) is 9.59. The maximum atomic E-state index is 12.4. The van der Waals surface area contributed by atoms with Gasteiger partial charge in [-0.3, -0.25) is 9.48 Å². The number of aromatic nitrogens is 4. The summed E-state index contributed by atoms with van der Waals surface area (Å²) in [6, 6.07) is 9.60. The summed E-state index contributed by atoms with van der Waals surface area (Å²) in [4.78, 5) is 21.4. The number of thiazole rings is 1. The highest BCUT2D eigenvalue weighted by atomic mass is 32.1. The van der Waals surface area contributed by atoms with Crippen LogP contribution in [0.1, 0.15) is 11.4 Å². The van der Waals surface area contributed by atoms with Gasteiger partial charge in [-0.25, -0.2) is 9.97 Å². The van der Waals surface area contributed by atoms with Crippen molar-refractivity contribution in [1.29, 1.82) is 0 Å². The number of amides is 1. The van der Waals surface area contributed by atoms with Gasteiger partial charge in [-0.15, -0.1) is 11.3 Å². The molecule has 1 aromatic carbocycles. The van der Waals surface area contributed by atoms with Crippen molar-refractivity contribution in [2.75, 3.05) is 12.4 Å². The van der Waals surface area contributed by atoms with Gasteiger partial charge in [-0.05, 0) is 37.3 Å². The van der Waals surface area contributed by atoms with Gasteiger partial charge in [-0.2, -0.15) is 5.10 Å². The zero-order valence-electron chi connectivity index (χ0n) is 15.8. The summed E-state index contributed by atoms with van der Waals surface area (Å²) in [5.74, 6) is 0.670. The van der Waals surface area contributed by atoms with Crippen LogP contribution in [0, 0.1) is 6.92 Å². The van der Waals surface area contributed by atoms with Crippen molar-refractivity contribution >= 4 is 34.0 Å². The van der Waals surface area contributed by atoms with E-state index in [4.69, 9.17) is 4.74 Å². The number of fused-ring (bicyclic) bond motifs is 1. The molecule has 0 fully saturated rings. The minimum atomic E-state index is -0.130. The molecule has 4 aromatic rings. The smallest absolute Gasteiger partial charge is 0.230 e. The Hall–Kier alpha value is -3.26. The zero-order valence-corrected chi connectivity index (χ0v) is 16.6. The summed E-state index contributed by atoms with van der Waals surface area (Å²) in [7, 11) is 3.49. The van der Waals surface area contributed by atoms with Crippen molar-refractivity contribution in [3.8, 4) is 16.3 Å². The summed E-state index contributed by atoms with van der Waals surface area (Å²) in [6.07, 6.45) is 1.85. The SMILES string of the molecule is COc1ccc(-c2nc(CC(=O)Nc3cnc4c(c3)c(C)nn4C)cs2)cc1. The molecule has 8 heteroatoms. The Bertz CT molecular complexity index is 1150. The lowest BCUT2D eigenvalue weighted by Gasteiger charge is -2.04. The Labute approximate surface area is 166 Å². The highest BCUT2D eigenvalue weighted by Crippen LogP contribution is 2.26. The summed E-state index contributed by atoms with van der Waals surface area (Å²) in [5.41, 5.74) is 4.06. The number of ether oxygens (including phenoxy) is 1. The number of pyridine rings is 1. The molecule has 0 aliphatic rings. The van der Waals surface area contributed by atoms with E-state index in [0.29, 0.717) is 5.69 Å². The van der Waals surface area contributed by atoms with E-state index < -0.39 is 0 Å². The molecule has 7 nitrogen and oxygen atoms in total. The highest BCUT2D eigenvalue weighted by molar-refractivity contribution is 7.13. The van der Waals surface area contributed by atoms with Crippen LogP contribution in [0.4, 0.5) is 5.69 Å². The van der Waals surface area contributed by atoms with Gasteiger partial charge >= 0.3 is 0 Å². The van der Waals surface area contributed by atoms with E-state index in [1.54, 1.807) is 18.0 Å². The first kappa shape index (κ1) is 18.1. The molecule has 0 bridgehead atoms. The third kappa shape index (κ3) is 3.59. The number of benzene rings is 1. The number of nitrogens with one attached hydrogen (secondary N) is 1. The van der Waals surface area contributed by atoms with E-state index in [2.05, 4.69) is 20.4 Å². The largest absolute Gasteiger partial charge is 0.497 e. The van der Waals surface area contributed by atoms with Crippen molar-refractivity contribution in [3.05, 3.63) is 53.3 Å². The van der Waals surface area contributed by atoms with Crippen molar-refractivity contribution < 1.29 is 9.53 Å².